The van der Waals surface area contributed by atoms with Gasteiger partial charge in [-0.15, -0.1) is 0 Å². The first-order valence-corrected chi connectivity index (χ1v) is 7.17. The number of amides is 1. The summed E-state index contributed by atoms with van der Waals surface area (Å²) in [6, 6.07) is 8.68. The molecule has 1 heterocycles. The van der Waals surface area contributed by atoms with Gasteiger partial charge in [-0.3, -0.25) is 4.79 Å². The molecule has 1 N–H and O–H groups in total. The van der Waals surface area contributed by atoms with Crippen molar-refractivity contribution in [3.05, 3.63) is 46.6 Å². The topological polar surface area (TPSA) is 60.5 Å². The minimum Gasteiger partial charge on any atom is -0.497 e. The predicted octanol–water partition coefficient (Wildman–Crippen LogP) is 3.50. The lowest BCUT2D eigenvalue weighted by Crippen LogP contribution is -2.14. The molecular formula is C15H15BrN2O3. The summed E-state index contributed by atoms with van der Waals surface area (Å²) in [6.45, 7) is 2.33. The highest BCUT2D eigenvalue weighted by Crippen LogP contribution is 2.26. The van der Waals surface area contributed by atoms with Gasteiger partial charge < -0.3 is 14.8 Å². The number of halogens is 1. The van der Waals surface area contributed by atoms with Crippen LogP contribution in [-0.4, -0.2) is 24.6 Å². The van der Waals surface area contributed by atoms with Crippen LogP contribution in [0, 0.1) is 0 Å². The minimum atomic E-state index is -0.269. The Labute approximate surface area is 131 Å². The van der Waals surface area contributed by atoms with E-state index in [4.69, 9.17) is 9.47 Å². The SMILES string of the molecule is CCOc1ncccc1NC(=O)c1cc(OC)ccc1Br. The number of nitrogens with one attached hydrogen (secondary N) is 1. The zero-order valence-corrected chi connectivity index (χ0v) is 13.3. The molecule has 1 amide bonds. The first kappa shape index (κ1) is 15.3. The number of hydrogen-bond donors (Lipinski definition) is 1. The van der Waals surface area contributed by atoms with Crippen LogP contribution in [0.5, 0.6) is 11.6 Å². The van der Waals surface area contributed by atoms with E-state index in [9.17, 15) is 4.79 Å². The number of hydrogen-bond acceptors (Lipinski definition) is 4. The molecule has 0 unspecified atom stereocenters. The maximum Gasteiger partial charge on any atom is 0.257 e. The fraction of sp³-hybridized carbons (Fsp3) is 0.200. The van der Waals surface area contributed by atoms with Crippen molar-refractivity contribution in [2.75, 3.05) is 19.0 Å². The molecule has 0 atom stereocenters. The monoisotopic (exact) mass is 350 g/mol. The van der Waals surface area contributed by atoms with Gasteiger partial charge in [0, 0.05) is 10.7 Å². The zero-order valence-electron chi connectivity index (χ0n) is 11.7. The highest BCUT2D eigenvalue weighted by Gasteiger charge is 2.14. The zero-order chi connectivity index (χ0) is 15.2. The third kappa shape index (κ3) is 3.72. The number of pyridine rings is 1. The Morgan fingerprint density at radius 1 is 1.38 bits per heavy atom. The first-order valence-electron chi connectivity index (χ1n) is 6.38. The average Bonchev–Trinajstić information content (AvgIpc) is 2.50. The van der Waals surface area contributed by atoms with Crippen molar-refractivity contribution in [3.63, 3.8) is 0 Å². The van der Waals surface area contributed by atoms with E-state index in [2.05, 4.69) is 26.2 Å². The highest BCUT2D eigenvalue weighted by molar-refractivity contribution is 9.10. The standard InChI is InChI=1S/C15H15BrN2O3/c1-3-21-15-13(5-4-8-17-15)18-14(19)11-9-10(20-2)6-7-12(11)16/h4-9H,3H2,1-2H3,(H,18,19). The highest BCUT2D eigenvalue weighted by atomic mass is 79.9. The molecule has 2 rings (SSSR count). The Bertz CT molecular complexity index is 647. The number of aromatic nitrogens is 1. The number of ether oxygens (including phenoxy) is 2. The molecule has 0 spiro atoms. The average molecular weight is 351 g/mol. The normalized spacial score (nSPS) is 10.0. The van der Waals surface area contributed by atoms with E-state index >= 15 is 0 Å². The number of carbonyl (C=O) groups is 1. The summed E-state index contributed by atoms with van der Waals surface area (Å²) in [7, 11) is 1.55. The van der Waals surface area contributed by atoms with Gasteiger partial charge in [-0.25, -0.2) is 4.98 Å². The van der Waals surface area contributed by atoms with Crippen molar-refractivity contribution in [1.29, 1.82) is 0 Å². The fourth-order valence-electron chi connectivity index (χ4n) is 1.73. The molecular weight excluding hydrogens is 336 g/mol. The number of anilines is 1. The van der Waals surface area contributed by atoms with Gasteiger partial charge >= 0.3 is 0 Å². The second-order valence-corrected chi connectivity index (χ2v) is 4.94. The number of methoxy groups -OCH3 is 1. The molecule has 0 saturated carbocycles. The van der Waals surface area contributed by atoms with E-state index in [1.165, 1.54) is 0 Å². The van der Waals surface area contributed by atoms with Gasteiger partial charge in [0.2, 0.25) is 5.88 Å². The van der Waals surface area contributed by atoms with Crippen LogP contribution in [0.1, 0.15) is 17.3 Å². The molecule has 1 aromatic carbocycles. The fourth-order valence-corrected chi connectivity index (χ4v) is 2.16. The van der Waals surface area contributed by atoms with Crippen LogP contribution in [0.15, 0.2) is 41.0 Å². The largest absolute Gasteiger partial charge is 0.497 e. The lowest BCUT2D eigenvalue weighted by Gasteiger charge is -2.11. The first-order chi connectivity index (χ1) is 10.2. The molecule has 2 aromatic rings. The van der Waals surface area contributed by atoms with Gasteiger partial charge in [0.05, 0.1) is 19.3 Å². The molecule has 0 fully saturated rings. The molecule has 0 aliphatic carbocycles. The summed E-state index contributed by atoms with van der Waals surface area (Å²) < 4.78 is 11.2. The van der Waals surface area contributed by atoms with E-state index in [1.807, 2.05) is 6.92 Å². The Kier molecular flexibility index (Phi) is 5.16. The maximum absolute atomic E-state index is 12.4. The summed E-state index contributed by atoms with van der Waals surface area (Å²) in [5, 5.41) is 2.79. The summed E-state index contributed by atoms with van der Waals surface area (Å²) in [4.78, 5) is 16.5. The molecule has 0 bridgehead atoms. The van der Waals surface area contributed by atoms with E-state index in [-0.39, 0.29) is 5.91 Å². The molecule has 110 valence electrons. The van der Waals surface area contributed by atoms with Crippen molar-refractivity contribution >= 4 is 27.5 Å². The molecule has 1 aromatic heterocycles. The lowest BCUT2D eigenvalue weighted by atomic mass is 10.2. The van der Waals surface area contributed by atoms with Crippen molar-refractivity contribution < 1.29 is 14.3 Å². The summed E-state index contributed by atoms with van der Waals surface area (Å²) >= 11 is 3.36. The van der Waals surface area contributed by atoms with Crippen LogP contribution in [0.2, 0.25) is 0 Å². The van der Waals surface area contributed by atoms with E-state index in [0.717, 1.165) is 0 Å². The van der Waals surface area contributed by atoms with Crippen LogP contribution in [-0.2, 0) is 0 Å². The second-order valence-electron chi connectivity index (χ2n) is 4.09. The third-order valence-corrected chi connectivity index (χ3v) is 3.41. The van der Waals surface area contributed by atoms with Crippen molar-refractivity contribution in [2.24, 2.45) is 0 Å². The summed E-state index contributed by atoms with van der Waals surface area (Å²) in [5.41, 5.74) is 1.000. The van der Waals surface area contributed by atoms with Crippen LogP contribution in [0.25, 0.3) is 0 Å². The number of nitrogens with zero attached hydrogens (tertiary/aromatic N) is 1. The Balaban J connectivity index is 2.26. The van der Waals surface area contributed by atoms with Crippen LogP contribution in [0.3, 0.4) is 0 Å². The van der Waals surface area contributed by atoms with Crippen LogP contribution in [0.4, 0.5) is 5.69 Å². The van der Waals surface area contributed by atoms with Gasteiger partial charge in [-0.2, -0.15) is 0 Å². The summed E-state index contributed by atoms with van der Waals surface area (Å²) in [5.74, 6) is 0.738. The van der Waals surface area contributed by atoms with Crippen molar-refractivity contribution in [3.8, 4) is 11.6 Å². The van der Waals surface area contributed by atoms with Gasteiger partial charge in [-0.05, 0) is 53.2 Å². The molecule has 0 aliphatic heterocycles. The number of rotatable bonds is 5. The molecule has 0 saturated heterocycles. The minimum absolute atomic E-state index is 0.269. The Hall–Kier alpha value is -2.08. The molecule has 0 aliphatic rings. The lowest BCUT2D eigenvalue weighted by molar-refractivity contribution is 0.102. The maximum atomic E-state index is 12.4. The Morgan fingerprint density at radius 3 is 2.90 bits per heavy atom. The van der Waals surface area contributed by atoms with Crippen molar-refractivity contribution in [2.45, 2.75) is 6.92 Å². The van der Waals surface area contributed by atoms with Gasteiger partial charge in [0.25, 0.3) is 5.91 Å². The number of carbonyl (C=O) groups excluding carboxylic acids is 1. The van der Waals surface area contributed by atoms with Gasteiger partial charge in [0.15, 0.2) is 0 Å². The van der Waals surface area contributed by atoms with Crippen LogP contribution >= 0.6 is 15.9 Å². The quantitative estimate of drug-likeness (QED) is 0.896. The summed E-state index contributed by atoms with van der Waals surface area (Å²) in [6.07, 6.45) is 1.61. The Morgan fingerprint density at radius 2 is 2.19 bits per heavy atom. The second kappa shape index (κ2) is 7.08. The smallest absolute Gasteiger partial charge is 0.257 e. The molecule has 6 heteroatoms. The van der Waals surface area contributed by atoms with E-state index < -0.39 is 0 Å². The predicted molar refractivity (Wildman–Crippen MR) is 84.1 cm³/mol. The third-order valence-electron chi connectivity index (χ3n) is 2.72. The van der Waals surface area contributed by atoms with E-state index in [1.54, 1.807) is 43.6 Å². The molecule has 21 heavy (non-hydrogen) atoms. The van der Waals surface area contributed by atoms with Gasteiger partial charge in [-0.1, -0.05) is 0 Å². The molecule has 0 radical (unpaired) electrons. The van der Waals surface area contributed by atoms with Crippen LogP contribution < -0.4 is 14.8 Å². The van der Waals surface area contributed by atoms with E-state index in [0.29, 0.717) is 34.0 Å². The van der Waals surface area contributed by atoms with Crippen molar-refractivity contribution in [1.82, 2.24) is 4.98 Å². The van der Waals surface area contributed by atoms with Gasteiger partial charge in [0.1, 0.15) is 11.4 Å². The number of benzene rings is 1. The molecule has 5 nitrogen and oxygen atoms in total.